The smallest absolute Gasteiger partial charge is 0.282 e. The lowest BCUT2D eigenvalue weighted by molar-refractivity contribution is -0.415. The summed E-state index contributed by atoms with van der Waals surface area (Å²) < 4.78 is 0. The number of carbonyl (C=O) groups excluding carboxylic acids is 1. The molecule has 0 atom stereocenters. The number of nitrogens with zero attached hydrogens (tertiary/aromatic N) is 1. The molecule has 2 rings (SSSR count). The van der Waals surface area contributed by atoms with Crippen molar-refractivity contribution in [1.29, 1.82) is 0 Å². The Hall–Kier alpha value is -2.75. The summed E-state index contributed by atoms with van der Waals surface area (Å²) in [5.41, 5.74) is 1.56. The predicted octanol–water partition coefficient (Wildman–Crippen LogP) is 3.50. The molecule has 0 N–H and O–H groups in total. The number of allylic oxidation sites excluding steroid dienone is 1. The molecule has 0 heterocycles. The van der Waals surface area contributed by atoms with Gasteiger partial charge in [0.2, 0.25) is 0 Å². The molecule has 100 valence electrons. The zero-order valence-corrected chi connectivity index (χ0v) is 10.9. The molecule has 0 saturated carbocycles. The third kappa shape index (κ3) is 3.17. The summed E-state index contributed by atoms with van der Waals surface area (Å²) in [7, 11) is 0. The quantitative estimate of drug-likeness (QED) is 0.368. The van der Waals surface area contributed by atoms with Gasteiger partial charge >= 0.3 is 5.70 Å². The molecular formula is C16H13NO3. The van der Waals surface area contributed by atoms with E-state index in [2.05, 4.69) is 0 Å². The number of rotatable bonds is 4. The number of aryl methyl sites for hydroxylation is 1. The fourth-order valence-corrected chi connectivity index (χ4v) is 1.76. The number of nitro groups is 1. The SMILES string of the molecule is Cc1ccc(/C=C(/C(=O)c2ccccc2)[N+](=O)[O-])cc1. The highest BCUT2D eigenvalue weighted by Gasteiger charge is 2.23. The molecule has 0 aliphatic carbocycles. The minimum Gasteiger partial charge on any atom is -0.282 e. The van der Waals surface area contributed by atoms with Crippen LogP contribution in [0.2, 0.25) is 0 Å². The number of ketones is 1. The second kappa shape index (κ2) is 5.93. The molecule has 2 aromatic carbocycles. The number of Topliss-reactive ketones (excluding diaryl/α,β-unsaturated/α-hetero) is 1. The molecule has 20 heavy (non-hydrogen) atoms. The van der Waals surface area contributed by atoms with Gasteiger partial charge in [-0.1, -0.05) is 60.2 Å². The van der Waals surface area contributed by atoms with Crippen molar-refractivity contribution in [3.63, 3.8) is 0 Å². The van der Waals surface area contributed by atoms with Crippen LogP contribution in [-0.4, -0.2) is 10.7 Å². The normalized spacial score (nSPS) is 11.2. The summed E-state index contributed by atoms with van der Waals surface area (Å²) in [6.07, 6.45) is 1.30. The van der Waals surface area contributed by atoms with E-state index in [0.717, 1.165) is 5.56 Å². The number of hydrogen-bond donors (Lipinski definition) is 0. The fraction of sp³-hybridized carbons (Fsp3) is 0.0625. The lowest BCUT2D eigenvalue weighted by Gasteiger charge is -2.00. The Morgan fingerprint density at radius 2 is 1.65 bits per heavy atom. The van der Waals surface area contributed by atoms with Crippen molar-refractivity contribution in [3.05, 3.63) is 87.1 Å². The minimum absolute atomic E-state index is 0.308. The Balaban J connectivity index is 2.39. The van der Waals surface area contributed by atoms with Gasteiger partial charge in [0.1, 0.15) is 0 Å². The van der Waals surface area contributed by atoms with Crippen LogP contribution in [-0.2, 0) is 0 Å². The monoisotopic (exact) mass is 267 g/mol. The fourth-order valence-electron chi connectivity index (χ4n) is 1.76. The van der Waals surface area contributed by atoms with Crippen LogP contribution in [0.3, 0.4) is 0 Å². The third-order valence-electron chi connectivity index (χ3n) is 2.85. The van der Waals surface area contributed by atoms with E-state index in [9.17, 15) is 14.9 Å². The van der Waals surface area contributed by atoms with E-state index >= 15 is 0 Å². The first kappa shape index (κ1) is 13.7. The molecule has 0 aliphatic rings. The van der Waals surface area contributed by atoms with Crippen molar-refractivity contribution in [3.8, 4) is 0 Å². The van der Waals surface area contributed by atoms with Gasteiger partial charge in [0.05, 0.1) is 4.92 Å². The highest BCUT2D eigenvalue weighted by molar-refractivity contribution is 6.09. The van der Waals surface area contributed by atoms with Crippen molar-refractivity contribution in [1.82, 2.24) is 0 Å². The van der Waals surface area contributed by atoms with Crippen LogP contribution in [0, 0.1) is 17.0 Å². The maximum atomic E-state index is 12.1. The lowest BCUT2D eigenvalue weighted by Crippen LogP contribution is -2.11. The van der Waals surface area contributed by atoms with Gasteiger partial charge in [0.25, 0.3) is 5.78 Å². The summed E-state index contributed by atoms with van der Waals surface area (Å²) in [5.74, 6) is -0.587. The van der Waals surface area contributed by atoms with E-state index in [0.29, 0.717) is 11.1 Å². The van der Waals surface area contributed by atoms with E-state index in [1.807, 2.05) is 19.1 Å². The standard InChI is InChI=1S/C16H13NO3/c1-12-7-9-13(10-8-12)11-15(17(19)20)16(18)14-5-3-2-4-6-14/h2-11H,1H3/b15-11-. The van der Waals surface area contributed by atoms with Gasteiger partial charge in [-0.15, -0.1) is 0 Å². The van der Waals surface area contributed by atoms with Crippen LogP contribution in [0.4, 0.5) is 0 Å². The van der Waals surface area contributed by atoms with Gasteiger partial charge in [-0.05, 0) is 12.5 Å². The molecule has 4 heteroatoms. The highest BCUT2D eigenvalue weighted by atomic mass is 16.6. The molecule has 0 saturated heterocycles. The Morgan fingerprint density at radius 3 is 2.20 bits per heavy atom. The Bertz CT molecular complexity index is 658. The zero-order chi connectivity index (χ0) is 14.5. The lowest BCUT2D eigenvalue weighted by atomic mass is 10.1. The van der Waals surface area contributed by atoms with Gasteiger partial charge in [0.15, 0.2) is 0 Å². The van der Waals surface area contributed by atoms with Crippen LogP contribution >= 0.6 is 0 Å². The molecule has 0 unspecified atom stereocenters. The molecule has 0 fully saturated rings. The molecule has 2 aromatic rings. The maximum absolute atomic E-state index is 12.1. The molecule has 0 spiro atoms. The highest BCUT2D eigenvalue weighted by Crippen LogP contribution is 2.14. The Morgan fingerprint density at radius 1 is 1.05 bits per heavy atom. The first-order chi connectivity index (χ1) is 9.58. The molecule has 0 aliphatic heterocycles. The van der Waals surface area contributed by atoms with Crippen molar-refractivity contribution < 1.29 is 9.72 Å². The number of benzene rings is 2. The van der Waals surface area contributed by atoms with E-state index in [1.165, 1.54) is 6.08 Å². The first-order valence-corrected chi connectivity index (χ1v) is 6.10. The second-order valence-corrected chi connectivity index (χ2v) is 4.39. The summed E-state index contributed by atoms with van der Waals surface area (Å²) in [4.78, 5) is 22.6. The van der Waals surface area contributed by atoms with Crippen molar-refractivity contribution in [2.75, 3.05) is 0 Å². The first-order valence-electron chi connectivity index (χ1n) is 6.10. The van der Waals surface area contributed by atoms with Crippen LogP contribution in [0.25, 0.3) is 6.08 Å². The topological polar surface area (TPSA) is 60.2 Å². The molecular weight excluding hydrogens is 254 g/mol. The predicted molar refractivity (Wildman–Crippen MR) is 76.9 cm³/mol. The van der Waals surface area contributed by atoms with Crippen molar-refractivity contribution in [2.45, 2.75) is 6.92 Å². The largest absolute Gasteiger partial charge is 0.317 e. The number of carbonyl (C=O) groups is 1. The summed E-state index contributed by atoms with van der Waals surface area (Å²) >= 11 is 0. The zero-order valence-electron chi connectivity index (χ0n) is 10.9. The minimum atomic E-state index is -0.644. The number of hydrogen-bond acceptors (Lipinski definition) is 3. The van der Waals surface area contributed by atoms with E-state index in [4.69, 9.17) is 0 Å². The molecule has 0 aromatic heterocycles. The third-order valence-corrected chi connectivity index (χ3v) is 2.85. The summed E-state index contributed by atoms with van der Waals surface area (Å²) in [6, 6.07) is 15.4. The van der Waals surface area contributed by atoms with Gasteiger partial charge < -0.3 is 0 Å². The van der Waals surface area contributed by atoms with Crippen molar-refractivity contribution >= 4 is 11.9 Å². The van der Waals surface area contributed by atoms with Crippen LogP contribution in [0.15, 0.2) is 60.3 Å². The van der Waals surface area contributed by atoms with E-state index in [-0.39, 0.29) is 0 Å². The molecule has 4 nitrogen and oxygen atoms in total. The van der Waals surface area contributed by atoms with Crippen LogP contribution in [0.5, 0.6) is 0 Å². The summed E-state index contributed by atoms with van der Waals surface area (Å²) in [5, 5.41) is 11.1. The summed E-state index contributed by atoms with van der Waals surface area (Å²) in [6.45, 7) is 1.93. The van der Waals surface area contributed by atoms with E-state index < -0.39 is 16.4 Å². The average Bonchev–Trinajstić information content (AvgIpc) is 2.46. The van der Waals surface area contributed by atoms with Crippen LogP contribution < -0.4 is 0 Å². The maximum Gasteiger partial charge on any atom is 0.317 e. The van der Waals surface area contributed by atoms with Gasteiger partial charge in [-0.2, -0.15) is 0 Å². The molecule has 0 amide bonds. The Kier molecular flexibility index (Phi) is 4.05. The van der Waals surface area contributed by atoms with Crippen LogP contribution in [0.1, 0.15) is 21.5 Å². The van der Waals surface area contributed by atoms with Gasteiger partial charge in [0, 0.05) is 11.6 Å². The van der Waals surface area contributed by atoms with Gasteiger partial charge in [-0.25, -0.2) is 0 Å². The van der Waals surface area contributed by atoms with E-state index in [1.54, 1.807) is 42.5 Å². The average molecular weight is 267 g/mol. The second-order valence-electron chi connectivity index (χ2n) is 4.39. The Labute approximate surface area is 116 Å². The van der Waals surface area contributed by atoms with Crippen molar-refractivity contribution in [2.24, 2.45) is 0 Å². The molecule has 0 radical (unpaired) electrons. The molecule has 0 bridgehead atoms. The van der Waals surface area contributed by atoms with Gasteiger partial charge in [-0.3, -0.25) is 14.9 Å².